The van der Waals surface area contributed by atoms with Gasteiger partial charge >= 0.3 is 0 Å². The minimum absolute atomic E-state index is 0.0850. The molecule has 2 aromatic rings. The molecule has 0 radical (unpaired) electrons. The summed E-state index contributed by atoms with van der Waals surface area (Å²) < 4.78 is 5.36. The van der Waals surface area contributed by atoms with Crippen LogP contribution in [0.1, 0.15) is 10.4 Å². The minimum atomic E-state index is -0.182. The maximum atomic E-state index is 11.9. The van der Waals surface area contributed by atoms with Crippen LogP contribution in [0.2, 0.25) is 15.1 Å². The van der Waals surface area contributed by atoms with Crippen molar-refractivity contribution in [2.24, 2.45) is 0 Å². The van der Waals surface area contributed by atoms with E-state index < -0.39 is 0 Å². The standard InChI is InChI=1S/C14H9Cl3O2/c15-10-2-1-3-11(7-10)19-8-14(18)9-4-5-12(16)13(17)6-9/h1-7H,8H2. The fraction of sp³-hybridized carbons (Fsp3) is 0.0714. The van der Waals surface area contributed by atoms with Crippen molar-refractivity contribution in [1.82, 2.24) is 0 Å². The van der Waals surface area contributed by atoms with Crippen LogP contribution in [0, 0.1) is 0 Å². The largest absolute Gasteiger partial charge is 0.485 e. The molecule has 0 aliphatic heterocycles. The second kappa shape index (κ2) is 6.29. The highest BCUT2D eigenvalue weighted by Crippen LogP contribution is 2.23. The average molecular weight is 316 g/mol. The molecule has 0 aliphatic rings. The van der Waals surface area contributed by atoms with Crippen LogP contribution in [-0.4, -0.2) is 12.4 Å². The molecule has 0 aliphatic carbocycles. The number of ether oxygens (including phenoxy) is 1. The number of hydrogen-bond donors (Lipinski definition) is 0. The van der Waals surface area contributed by atoms with Gasteiger partial charge in [0.1, 0.15) is 5.75 Å². The maximum Gasteiger partial charge on any atom is 0.200 e. The number of carbonyl (C=O) groups is 1. The zero-order valence-corrected chi connectivity index (χ0v) is 12.0. The Balaban J connectivity index is 2.03. The van der Waals surface area contributed by atoms with Crippen LogP contribution >= 0.6 is 34.8 Å². The normalized spacial score (nSPS) is 10.3. The molecule has 19 heavy (non-hydrogen) atoms. The van der Waals surface area contributed by atoms with Crippen LogP contribution < -0.4 is 4.74 Å². The van der Waals surface area contributed by atoms with Crippen molar-refractivity contribution in [3.05, 3.63) is 63.1 Å². The summed E-state index contributed by atoms with van der Waals surface area (Å²) in [6.07, 6.45) is 0. The molecule has 0 spiro atoms. The van der Waals surface area contributed by atoms with Gasteiger partial charge in [-0.25, -0.2) is 0 Å². The van der Waals surface area contributed by atoms with E-state index in [0.29, 0.717) is 26.4 Å². The minimum Gasteiger partial charge on any atom is -0.485 e. The number of rotatable bonds is 4. The Morgan fingerprint density at radius 1 is 1.00 bits per heavy atom. The smallest absolute Gasteiger partial charge is 0.200 e. The van der Waals surface area contributed by atoms with Gasteiger partial charge in [0.2, 0.25) is 0 Å². The first kappa shape index (κ1) is 14.2. The van der Waals surface area contributed by atoms with Crippen molar-refractivity contribution in [2.75, 3.05) is 6.61 Å². The maximum absolute atomic E-state index is 11.9. The average Bonchev–Trinajstić information content (AvgIpc) is 2.39. The molecule has 0 unspecified atom stereocenters. The second-order valence-electron chi connectivity index (χ2n) is 3.80. The Kier molecular flexibility index (Phi) is 4.70. The van der Waals surface area contributed by atoms with Crippen LogP contribution in [0.3, 0.4) is 0 Å². The van der Waals surface area contributed by atoms with E-state index in [1.807, 2.05) is 0 Å². The van der Waals surface area contributed by atoms with Crippen LogP contribution in [0.25, 0.3) is 0 Å². The number of ketones is 1. The van der Waals surface area contributed by atoms with E-state index in [2.05, 4.69) is 0 Å². The molecule has 2 rings (SSSR count). The Bertz CT molecular complexity index is 611. The van der Waals surface area contributed by atoms with Gasteiger partial charge in [0.05, 0.1) is 10.0 Å². The first-order valence-electron chi connectivity index (χ1n) is 5.43. The summed E-state index contributed by atoms with van der Waals surface area (Å²) in [5.41, 5.74) is 0.455. The monoisotopic (exact) mass is 314 g/mol. The molecule has 0 aromatic heterocycles. The number of carbonyl (C=O) groups excluding carboxylic acids is 1. The molecule has 0 bridgehead atoms. The lowest BCUT2D eigenvalue weighted by Crippen LogP contribution is -2.11. The van der Waals surface area contributed by atoms with E-state index in [4.69, 9.17) is 39.5 Å². The summed E-state index contributed by atoms with van der Waals surface area (Å²) in [6, 6.07) is 11.6. The summed E-state index contributed by atoms with van der Waals surface area (Å²) in [6.45, 7) is -0.0850. The number of halogens is 3. The Labute approximate surface area is 125 Å². The predicted octanol–water partition coefficient (Wildman–Crippen LogP) is 4.91. The van der Waals surface area contributed by atoms with Gasteiger partial charge in [0.15, 0.2) is 12.4 Å². The molecular formula is C14H9Cl3O2. The molecule has 0 amide bonds. The number of Topliss-reactive ketones (excluding diaryl/α,β-unsaturated/α-hetero) is 1. The third kappa shape index (κ3) is 3.87. The van der Waals surface area contributed by atoms with Gasteiger partial charge in [-0.3, -0.25) is 4.79 Å². The fourth-order valence-electron chi connectivity index (χ4n) is 1.46. The van der Waals surface area contributed by atoms with Crippen molar-refractivity contribution in [1.29, 1.82) is 0 Å². The van der Waals surface area contributed by atoms with Crippen molar-refractivity contribution >= 4 is 40.6 Å². The molecule has 5 heteroatoms. The number of benzene rings is 2. The van der Waals surface area contributed by atoms with E-state index in [1.165, 1.54) is 6.07 Å². The van der Waals surface area contributed by atoms with Gasteiger partial charge in [-0.2, -0.15) is 0 Å². The first-order valence-corrected chi connectivity index (χ1v) is 6.56. The fourth-order valence-corrected chi connectivity index (χ4v) is 1.94. The van der Waals surface area contributed by atoms with Crippen molar-refractivity contribution in [3.8, 4) is 5.75 Å². The Morgan fingerprint density at radius 3 is 2.47 bits per heavy atom. The molecule has 2 nitrogen and oxygen atoms in total. The van der Waals surface area contributed by atoms with Crippen molar-refractivity contribution in [2.45, 2.75) is 0 Å². The van der Waals surface area contributed by atoms with Gasteiger partial charge in [0.25, 0.3) is 0 Å². The molecule has 0 saturated heterocycles. The van der Waals surface area contributed by atoms with Gasteiger partial charge in [-0.15, -0.1) is 0 Å². The zero-order valence-electron chi connectivity index (χ0n) is 9.70. The van der Waals surface area contributed by atoms with E-state index >= 15 is 0 Å². The van der Waals surface area contributed by atoms with E-state index in [9.17, 15) is 4.79 Å². The molecule has 98 valence electrons. The highest BCUT2D eigenvalue weighted by atomic mass is 35.5. The van der Waals surface area contributed by atoms with Crippen molar-refractivity contribution in [3.63, 3.8) is 0 Å². The third-order valence-corrected chi connectivity index (χ3v) is 3.38. The van der Waals surface area contributed by atoms with Crippen molar-refractivity contribution < 1.29 is 9.53 Å². The molecule has 0 saturated carbocycles. The highest BCUT2D eigenvalue weighted by Gasteiger charge is 2.09. The van der Waals surface area contributed by atoms with Gasteiger partial charge in [0, 0.05) is 10.6 Å². The molecule has 0 N–H and O–H groups in total. The highest BCUT2D eigenvalue weighted by molar-refractivity contribution is 6.42. The van der Waals surface area contributed by atoms with E-state index in [1.54, 1.807) is 36.4 Å². The lowest BCUT2D eigenvalue weighted by molar-refractivity contribution is 0.0921. The zero-order chi connectivity index (χ0) is 13.8. The second-order valence-corrected chi connectivity index (χ2v) is 5.05. The lowest BCUT2D eigenvalue weighted by Gasteiger charge is -2.06. The predicted molar refractivity (Wildman–Crippen MR) is 77.7 cm³/mol. The molecule has 0 atom stereocenters. The van der Waals surface area contributed by atoms with Crippen LogP contribution in [-0.2, 0) is 0 Å². The topological polar surface area (TPSA) is 26.3 Å². The SMILES string of the molecule is O=C(COc1cccc(Cl)c1)c1ccc(Cl)c(Cl)c1. The Hall–Kier alpha value is -1.22. The first-order chi connectivity index (χ1) is 9.06. The summed E-state index contributed by atoms with van der Waals surface area (Å²) in [7, 11) is 0. The third-order valence-electron chi connectivity index (χ3n) is 2.41. The molecular weight excluding hydrogens is 307 g/mol. The van der Waals surface area contributed by atoms with E-state index in [-0.39, 0.29) is 12.4 Å². The Morgan fingerprint density at radius 2 is 1.79 bits per heavy atom. The number of hydrogen-bond acceptors (Lipinski definition) is 2. The van der Waals surface area contributed by atoms with Crippen LogP contribution in [0.5, 0.6) is 5.75 Å². The van der Waals surface area contributed by atoms with Gasteiger partial charge in [-0.05, 0) is 36.4 Å². The van der Waals surface area contributed by atoms with Crippen LogP contribution in [0.15, 0.2) is 42.5 Å². The van der Waals surface area contributed by atoms with Gasteiger partial charge in [-0.1, -0.05) is 40.9 Å². The summed E-state index contributed by atoms with van der Waals surface area (Å²) in [5.74, 6) is 0.361. The summed E-state index contributed by atoms with van der Waals surface area (Å²) in [4.78, 5) is 11.9. The molecule has 2 aromatic carbocycles. The van der Waals surface area contributed by atoms with Crippen LogP contribution in [0.4, 0.5) is 0 Å². The quantitative estimate of drug-likeness (QED) is 0.749. The molecule has 0 fully saturated rings. The lowest BCUT2D eigenvalue weighted by atomic mass is 10.1. The summed E-state index contributed by atoms with van der Waals surface area (Å²) >= 11 is 17.5. The van der Waals surface area contributed by atoms with Gasteiger partial charge < -0.3 is 4.74 Å². The molecule has 0 heterocycles. The summed E-state index contributed by atoms with van der Waals surface area (Å²) in [5, 5.41) is 1.31. The van der Waals surface area contributed by atoms with E-state index in [0.717, 1.165) is 0 Å².